The molecule has 28 heavy (non-hydrogen) atoms. The maximum absolute atomic E-state index is 12.9. The monoisotopic (exact) mass is 410 g/mol. The molecule has 1 N–H and O–H groups in total. The standard InChI is InChI=1S/C21H34N2O4S/c1-5-7-8-18(6-2)13-22-21(24)19-9-11-20(12-10-19)28(25,26)23-14-16(3)27-17(4)15-23/h9-12,16-18H,5-8,13-15H2,1-4H3,(H,22,24)/t16-,17-,18-/m1/s1. The number of amides is 1. The van der Waals surface area contributed by atoms with Crippen LogP contribution in [0.1, 0.15) is 63.7 Å². The van der Waals surface area contributed by atoms with E-state index < -0.39 is 10.0 Å². The Hall–Kier alpha value is -1.44. The molecule has 0 spiro atoms. The summed E-state index contributed by atoms with van der Waals surface area (Å²) in [5, 5.41) is 2.98. The van der Waals surface area contributed by atoms with Gasteiger partial charge in [-0.15, -0.1) is 0 Å². The zero-order valence-corrected chi connectivity index (χ0v) is 18.3. The third kappa shape index (κ3) is 6.03. The summed E-state index contributed by atoms with van der Waals surface area (Å²) in [6.45, 7) is 9.37. The molecule has 1 heterocycles. The van der Waals surface area contributed by atoms with Crippen LogP contribution in [-0.4, -0.2) is 50.5 Å². The van der Waals surface area contributed by atoms with Crippen molar-refractivity contribution in [3.63, 3.8) is 0 Å². The number of ether oxygens (including phenoxy) is 1. The van der Waals surface area contributed by atoms with E-state index in [4.69, 9.17) is 4.74 Å². The number of carbonyl (C=O) groups is 1. The minimum absolute atomic E-state index is 0.136. The maximum atomic E-state index is 12.9. The highest BCUT2D eigenvalue weighted by atomic mass is 32.2. The van der Waals surface area contributed by atoms with Crippen molar-refractivity contribution in [1.82, 2.24) is 9.62 Å². The number of carbonyl (C=O) groups excluding carboxylic acids is 1. The van der Waals surface area contributed by atoms with Crippen LogP contribution in [0.3, 0.4) is 0 Å². The SMILES string of the molecule is CCCC[C@@H](CC)CNC(=O)c1ccc(S(=O)(=O)N2C[C@@H](C)O[C@H](C)C2)cc1. The minimum Gasteiger partial charge on any atom is -0.373 e. The van der Waals surface area contributed by atoms with Gasteiger partial charge in [0.2, 0.25) is 10.0 Å². The van der Waals surface area contributed by atoms with Gasteiger partial charge in [-0.2, -0.15) is 4.31 Å². The number of rotatable bonds is 9. The van der Waals surface area contributed by atoms with Crippen LogP contribution in [0.2, 0.25) is 0 Å². The van der Waals surface area contributed by atoms with E-state index in [-0.39, 0.29) is 23.0 Å². The normalized spacial score (nSPS) is 22.0. The lowest BCUT2D eigenvalue weighted by atomic mass is 9.99. The maximum Gasteiger partial charge on any atom is 0.251 e. The minimum atomic E-state index is -3.59. The van der Waals surface area contributed by atoms with Crippen molar-refractivity contribution in [2.45, 2.75) is 70.5 Å². The highest BCUT2D eigenvalue weighted by molar-refractivity contribution is 7.89. The van der Waals surface area contributed by atoms with Gasteiger partial charge >= 0.3 is 0 Å². The lowest BCUT2D eigenvalue weighted by Gasteiger charge is -2.34. The van der Waals surface area contributed by atoms with E-state index in [1.165, 1.54) is 22.9 Å². The highest BCUT2D eigenvalue weighted by Crippen LogP contribution is 2.21. The molecule has 1 aliphatic rings. The Bertz CT molecular complexity index is 723. The third-order valence-electron chi connectivity index (χ3n) is 5.23. The molecule has 1 saturated heterocycles. The molecule has 1 aromatic carbocycles. The molecule has 0 aromatic heterocycles. The second-order valence-electron chi connectivity index (χ2n) is 7.73. The van der Waals surface area contributed by atoms with Gasteiger partial charge in [0.05, 0.1) is 17.1 Å². The second-order valence-corrected chi connectivity index (χ2v) is 9.67. The lowest BCUT2D eigenvalue weighted by molar-refractivity contribution is -0.0440. The fourth-order valence-corrected chi connectivity index (χ4v) is 5.13. The van der Waals surface area contributed by atoms with Gasteiger partial charge < -0.3 is 10.1 Å². The summed E-state index contributed by atoms with van der Waals surface area (Å²) in [6.07, 6.45) is 4.20. The first kappa shape index (κ1) is 22.8. The molecule has 0 saturated carbocycles. The van der Waals surface area contributed by atoms with E-state index in [1.54, 1.807) is 12.1 Å². The van der Waals surface area contributed by atoms with Gasteiger partial charge in [0.15, 0.2) is 0 Å². The summed E-state index contributed by atoms with van der Waals surface area (Å²) >= 11 is 0. The first-order valence-corrected chi connectivity index (χ1v) is 11.8. The van der Waals surface area contributed by atoms with Crippen LogP contribution in [0.15, 0.2) is 29.2 Å². The number of nitrogens with zero attached hydrogens (tertiary/aromatic N) is 1. The smallest absolute Gasteiger partial charge is 0.251 e. The van der Waals surface area contributed by atoms with Crippen LogP contribution in [0.25, 0.3) is 0 Å². The number of sulfonamides is 1. The van der Waals surface area contributed by atoms with Crippen molar-refractivity contribution in [3.05, 3.63) is 29.8 Å². The Morgan fingerprint density at radius 3 is 2.32 bits per heavy atom. The van der Waals surface area contributed by atoms with Crippen molar-refractivity contribution in [2.24, 2.45) is 5.92 Å². The molecule has 0 unspecified atom stereocenters. The van der Waals surface area contributed by atoms with Crippen LogP contribution in [-0.2, 0) is 14.8 Å². The van der Waals surface area contributed by atoms with Crippen molar-refractivity contribution in [2.75, 3.05) is 19.6 Å². The number of morpholine rings is 1. The van der Waals surface area contributed by atoms with Crippen LogP contribution >= 0.6 is 0 Å². The van der Waals surface area contributed by atoms with Crippen LogP contribution < -0.4 is 5.32 Å². The van der Waals surface area contributed by atoms with Crippen molar-refractivity contribution in [3.8, 4) is 0 Å². The van der Waals surface area contributed by atoms with E-state index in [2.05, 4.69) is 19.2 Å². The van der Waals surface area contributed by atoms with E-state index in [9.17, 15) is 13.2 Å². The molecule has 158 valence electrons. The topological polar surface area (TPSA) is 75.7 Å². The predicted octanol–water partition coefficient (Wildman–Crippen LogP) is 3.43. The van der Waals surface area contributed by atoms with E-state index in [0.717, 1.165) is 19.3 Å². The van der Waals surface area contributed by atoms with Gasteiger partial charge in [0.1, 0.15) is 0 Å². The summed E-state index contributed by atoms with van der Waals surface area (Å²) in [7, 11) is -3.59. The molecular weight excluding hydrogens is 376 g/mol. The molecule has 3 atom stereocenters. The molecule has 1 aliphatic heterocycles. The van der Waals surface area contributed by atoms with Crippen molar-refractivity contribution < 1.29 is 17.9 Å². The van der Waals surface area contributed by atoms with Gasteiger partial charge in [-0.1, -0.05) is 33.1 Å². The average molecular weight is 411 g/mol. The van der Waals surface area contributed by atoms with Crippen LogP contribution in [0, 0.1) is 5.92 Å². The molecule has 6 nitrogen and oxygen atoms in total. The van der Waals surface area contributed by atoms with Gasteiger partial charge in [-0.25, -0.2) is 8.42 Å². The lowest BCUT2D eigenvalue weighted by Crippen LogP contribution is -2.48. The summed E-state index contributed by atoms with van der Waals surface area (Å²) < 4.78 is 32.8. The summed E-state index contributed by atoms with van der Waals surface area (Å²) in [4.78, 5) is 12.6. The molecule has 0 bridgehead atoms. The van der Waals surface area contributed by atoms with E-state index in [0.29, 0.717) is 31.1 Å². The zero-order chi connectivity index (χ0) is 20.7. The molecule has 0 aliphatic carbocycles. The van der Waals surface area contributed by atoms with Crippen molar-refractivity contribution in [1.29, 1.82) is 0 Å². The summed E-state index contributed by atoms with van der Waals surface area (Å²) in [6, 6.07) is 6.21. The van der Waals surface area contributed by atoms with Crippen molar-refractivity contribution >= 4 is 15.9 Å². The van der Waals surface area contributed by atoms with Gasteiger partial charge in [-0.3, -0.25) is 4.79 Å². The van der Waals surface area contributed by atoms with Crippen LogP contribution in [0.5, 0.6) is 0 Å². The Morgan fingerprint density at radius 1 is 1.18 bits per heavy atom. The Labute approximate surface area is 169 Å². The number of benzene rings is 1. The fourth-order valence-electron chi connectivity index (χ4n) is 3.54. The number of unbranched alkanes of at least 4 members (excludes halogenated alkanes) is 1. The molecule has 1 amide bonds. The molecule has 2 rings (SSSR count). The molecule has 7 heteroatoms. The van der Waals surface area contributed by atoms with E-state index in [1.807, 2.05) is 13.8 Å². The second kappa shape index (κ2) is 10.4. The van der Waals surface area contributed by atoms with E-state index >= 15 is 0 Å². The predicted molar refractivity (Wildman–Crippen MR) is 111 cm³/mol. The number of hydrogen-bond acceptors (Lipinski definition) is 4. The number of nitrogens with one attached hydrogen (secondary N) is 1. The Balaban J connectivity index is 2.01. The molecule has 0 radical (unpaired) electrons. The van der Waals surface area contributed by atoms with Gasteiger partial charge in [0.25, 0.3) is 5.91 Å². The first-order valence-electron chi connectivity index (χ1n) is 10.3. The molecular formula is C21H34N2O4S. The summed E-state index contributed by atoms with van der Waals surface area (Å²) in [5.74, 6) is 0.321. The Morgan fingerprint density at radius 2 is 1.79 bits per heavy atom. The molecule has 1 fully saturated rings. The third-order valence-corrected chi connectivity index (χ3v) is 7.08. The van der Waals surface area contributed by atoms with Crippen LogP contribution in [0.4, 0.5) is 0 Å². The average Bonchev–Trinajstić information content (AvgIpc) is 2.67. The quantitative estimate of drug-likeness (QED) is 0.677. The van der Waals surface area contributed by atoms with Gasteiger partial charge in [0, 0.05) is 25.2 Å². The number of hydrogen-bond donors (Lipinski definition) is 1. The highest BCUT2D eigenvalue weighted by Gasteiger charge is 2.32. The fraction of sp³-hybridized carbons (Fsp3) is 0.667. The Kier molecular flexibility index (Phi) is 8.46. The molecule has 1 aromatic rings. The van der Waals surface area contributed by atoms with Gasteiger partial charge in [-0.05, 0) is 50.5 Å². The largest absolute Gasteiger partial charge is 0.373 e. The first-order chi connectivity index (χ1) is 13.3. The summed E-state index contributed by atoms with van der Waals surface area (Å²) in [5.41, 5.74) is 0.480. The zero-order valence-electron chi connectivity index (χ0n) is 17.5.